The van der Waals surface area contributed by atoms with Gasteiger partial charge in [-0.1, -0.05) is 0 Å². The molecule has 0 aromatic rings. The molecule has 0 unspecified atom stereocenters. The summed E-state index contributed by atoms with van der Waals surface area (Å²) in [5.41, 5.74) is 0. The minimum absolute atomic E-state index is 0. The molecule has 0 saturated carbocycles. The van der Waals surface area contributed by atoms with Crippen LogP contribution in [-0.2, 0) is 34.1 Å². The molecule has 0 aromatic carbocycles. The second-order valence-electron chi connectivity index (χ2n) is 0. The Morgan fingerprint density at radius 3 is 0.750 bits per heavy atom. The van der Waals surface area contributed by atoms with Crippen LogP contribution in [0, 0.1) is 0 Å². The molecule has 6 N–H and O–H groups in total. The molecule has 1 radical (unpaired) electrons. The van der Waals surface area contributed by atoms with Crippen LogP contribution in [0.1, 0.15) is 0 Å². The maximum absolute atomic E-state index is 0. The van der Waals surface area contributed by atoms with E-state index in [0.717, 1.165) is 0 Å². The van der Waals surface area contributed by atoms with E-state index >= 15 is 0 Å². The fourth-order valence-corrected chi connectivity index (χ4v) is 0. The largest absolute Gasteiger partial charge is 0.344 e. The zero-order chi connectivity index (χ0) is 0. The van der Waals surface area contributed by atoms with Gasteiger partial charge >= 0.3 is 0 Å². The van der Waals surface area contributed by atoms with Crippen molar-refractivity contribution in [1.29, 1.82) is 0 Å². The Morgan fingerprint density at radius 2 is 0.750 bits per heavy atom. The predicted octanol–water partition coefficient (Wildman–Crippen LogP) is 0.319. The van der Waals surface area contributed by atoms with Crippen LogP contribution in [0.3, 0.4) is 0 Å². The van der Waals surface area contributed by atoms with Crippen LogP contribution in [0.4, 0.5) is 0 Å². The molecule has 0 aliphatic rings. The van der Waals surface area contributed by atoms with E-state index in [1.165, 1.54) is 0 Å². The molecule has 0 rings (SSSR count). The Kier molecular flexibility index (Phi) is 796. The Balaban J connectivity index is 0. The molecular formula is H6FeMnN2. The summed E-state index contributed by atoms with van der Waals surface area (Å²) < 4.78 is 0. The first-order chi connectivity index (χ1) is 0. The van der Waals surface area contributed by atoms with Crippen molar-refractivity contribution in [3.63, 3.8) is 0 Å². The molecule has 0 atom stereocenters. The van der Waals surface area contributed by atoms with Gasteiger partial charge < -0.3 is 12.3 Å². The smallest absolute Gasteiger partial charge is 0 e. The van der Waals surface area contributed by atoms with Crippen molar-refractivity contribution in [2.45, 2.75) is 0 Å². The Hall–Kier alpha value is 0.959. The molecule has 0 saturated heterocycles. The zero-order valence-electron chi connectivity index (χ0n) is 2.15. The molecule has 0 aromatic heterocycles. The van der Waals surface area contributed by atoms with Crippen LogP contribution < -0.4 is 12.3 Å². The van der Waals surface area contributed by atoms with Crippen molar-refractivity contribution in [2.24, 2.45) is 0 Å². The van der Waals surface area contributed by atoms with E-state index in [2.05, 4.69) is 0 Å². The summed E-state index contributed by atoms with van der Waals surface area (Å²) in [5, 5.41) is 0. The van der Waals surface area contributed by atoms with Crippen LogP contribution in [0.5, 0.6) is 0 Å². The average Bonchev–Trinajstić information content (AvgIpc) is 0. The first-order valence-electron chi connectivity index (χ1n) is 0. The third-order valence-corrected chi connectivity index (χ3v) is 0. The van der Waals surface area contributed by atoms with E-state index in [-0.39, 0.29) is 46.4 Å². The molecule has 0 amide bonds. The van der Waals surface area contributed by atoms with Crippen LogP contribution in [0.2, 0.25) is 0 Å². The van der Waals surface area contributed by atoms with Crippen molar-refractivity contribution in [1.82, 2.24) is 12.3 Å². The molecule has 4 heavy (non-hydrogen) atoms. The van der Waals surface area contributed by atoms with Gasteiger partial charge in [-0.25, -0.2) is 0 Å². The van der Waals surface area contributed by atoms with Gasteiger partial charge in [0.1, 0.15) is 0 Å². The summed E-state index contributed by atoms with van der Waals surface area (Å²) >= 11 is 0. The summed E-state index contributed by atoms with van der Waals surface area (Å²) in [4.78, 5) is 0. The van der Waals surface area contributed by atoms with E-state index < -0.39 is 0 Å². The van der Waals surface area contributed by atoms with E-state index in [0.29, 0.717) is 0 Å². The Morgan fingerprint density at radius 1 is 0.750 bits per heavy atom. The fourth-order valence-electron chi connectivity index (χ4n) is 0. The minimum Gasteiger partial charge on any atom is -0.344 e. The number of hydrogen-bond acceptors (Lipinski definition) is 2. The maximum Gasteiger partial charge on any atom is 0 e. The summed E-state index contributed by atoms with van der Waals surface area (Å²) in [6.45, 7) is 0. The van der Waals surface area contributed by atoms with Gasteiger partial charge in [0, 0.05) is 34.1 Å². The van der Waals surface area contributed by atoms with Gasteiger partial charge in [0.25, 0.3) is 0 Å². The SMILES string of the molecule is N.N.[Fe].[Mn]. The van der Waals surface area contributed by atoms with Gasteiger partial charge in [0.2, 0.25) is 0 Å². The average molecular weight is 145 g/mol. The summed E-state index contributed by atoms with van der Waals surface area (Å²) in [7, 11) is 0. The molecule has 0 heterocycles. The van der Waals surface area contributed by atoms with Gasteiger partial charge in [0.15, 0.2) is 0 Å². The predicted molar refractivity (Wildman–Crippen MR) is 10.0 cm³/mol. The van der Waals surface area contributed by atoms with E-state index in [1.807, 2.05) is 0 Å². The van der Waals surface area contributed by atoms with Crippen LogP contribution >= 0.6 is 0 Å². The third kappa shape index (κ3) is 12.3. The molecule has 31 valence electrons. The van der Waals surface area contributed by atoms with Gasteiger partial charge in [-0.3, -0.25) is 0 Å². The van der Waals surface area contributed by atoms with Crippen molar-refractivity contribution < 1.29 is 34.1 Å². The standard InChI is InChI=1S/Fe.Mn.2H3N/h;;2*1H3. The molecule has 2 nitrogen and oxygen atoms in total. The molecule has 0 spiro atoms. The third-order valence-electron chi connectivity index (χ3n) is 0. The van der Waals surface area contributed by atoms with Gasteiger partial charge in [-0.05, 0) is 0 Å². The first-order valence-corrected chi connectivity index (χ1v) is 0. The van der Waals surface area contributed by atoms with E-state index in [4.69, 9.17) is 0 Å². The summed E-state index contributed by atoms with van der Waals surface area (Å²) in [6.07, 6.45) is 0. The quantitative estimate of drug-likeness (QED) is 0.481. The number of hydrogen-bond donors (Lipinski definition) is 2. The minimum atomic E-state index is 0. The van der Waals surface area contributed by atoms with Crippen molar-refractivity contribution in [3.05, 3.63) is 0 Å². The number of rotatable bonds is 0. The second kappa shape index (κ2) is 37.7. The summed E-state index contributed by atoms with van der Waals surface area (Å²) in [5.74, 6) is 0. The van der Waals surface area contributed by atoms with Crippen LogP contribution in [-0.4, -0.2) is 0 Å². The molecule has 0 fully saturated rings. The fraction of sp³-hybridized carbons (Fsp3) is 0. The van der Waals surface area contributed by atoms with Gasteiger partial charge in [-0.2, -0.15) is 0 Å². The molecule has 0 aliphatic carbocycles. The first kappa shape index (κ1) is 84.5. The van der Waals surface area contributed by atoms with Crippen molar-refractivity contribution in [2.75, 3.05) is 0 Å². The second-order valence-corrected chi connectivity index (χ2v) is 0. The van der Waals surface area contributed by atoms with Gasteiger partial charge in [0.05, 0.1) is 0 Å². The Bertz CT molecular complexity index is 6.00. The molecule has 0 aliphatic heterocycles. The molecule has 0 bridgehead atoms. The normalized spacial score (nSPS) is 0. The topological polar surface area (TPSA) is 70.0 Å². The molecular weight excluding hydrogens is 139 g/mol. The van der Waals surface area contributed by atoms with Crippen molar-refractivity contribution >= 4 is 0 Å². The van der Waals surface area contributed by atoms with E-state index in [1.54, 1.807) is 0 Å². The molecule has 4 heteroatoms. The van der Waals surface area contributed by atoms with Crippen LogP contribution in [0.15, 0.2) is 0 Å². The van der Waals surface area contributed by atoms with Crippen molar-refractivity contribution in [3.8, 4) is 0 Å². The Labute approximate surface area is 46.8 Å². The van der Waals surface area contributed by atoms with E-state index in [9.17, 15) is 0 Å². The zero-order valence-corrected chi connectivity index (χ0v) is 4.43. The monoisotopic (exact) mass is 145 g/mol. The summed E-state index contributed by atoms with van der Waals surface area (Å²) in [6, 6.07) is 0. The van der Waals surface area contributed by atoms with Crippen LogP contribution in [0.25, 0.3) is 0 Å². The maximum atomic E-state index is 0. The van der Waals surface area contributed by atoms with Gasteiger partial charge in [-0.15, -0.1) is 0 Å².